The molecule has 0 saturated carbocycles. The normalized spacial score (nSPS) is 14.9. The van der Waals surface area contributed by atoms with Gasteiger partial charge >= 0.3 is 12.2 Å². The summed E-state index contributed by atoms with van der Waals surface area (Å²) < 4.78 is 9.46. The van der Waals surface area contributed by atoms with Gasteiger partial charge in [0.15, 0.2) is 0 Å². The molecule has 0 bridgehead atoms. The van der Waals surface area contributed by atoms with E-state index in [9.17, 15) is 19.2 Å². The molecular formula is C40H59N9O6S3. The van der Waals surface area contributed by atoms with Gasteiger partial charge in [-0.2, -0.15) is 40.5 Å². The number of ether oxygens (including phenoxy) is 2. The first-order valence-electron chi connectivity index (χ1n) is 18.8. The van der Waals surface area contributed by atoms with Gasteiger partial charge < -0.3 is 40.2 Å². The zero-order chi connectivity index (χ0) is 39.8. The average Bonchev–Trinajstić information content (AvgIpc) is 3.89. The Labute approximate surface area is 361 Å². The number of aromatic amines is 1. The fourth-order valence-electron chi connectivity index (χ4n) is 6.87. The summed E-state index contributed by atoms with van der Waals surface area (Å²) in [4.78, 5) is 71.2. The molecule has 15 nitrogen and oxygen atoms in total. The highest BCUT2D eigenvalue weighted by Gasteiger charge is 2.37. The van der Waals surface area contributed by atoms with E-state index in [1.54, 1.807) is 35.4 Å². The molecule has 58 heavy (non-hydrogen) atoms. The lowest BCUT2D eigenvalue weighted by Crippen LogP contribution is -2.53. The van der Waals surface area contributed by atoms with Crippen LogP contribution in [0.5, 0.6) is 0 Å². The summed E-state index contributed by atoms with van der Waals surface area (Å²) in [6, 6.07) is 10.6. The summed E-state index contributed by atoms with van der Waals surface area (Å²) in [6.07, 6.45) is 6.38. The maximum Gasteiger partial charge on any atom is 0.407 e. The van der Waals surface area contributed by atoms with Crippen LogP contribution in [0.4, 0.5) is 15.5 Å². The topological polar surface area (TPSA) is 184 Å². The van der Waals surface area contributed by atoms with E-state index in [0.29, 0.717) is 31.3 Å². The number of imidazole rings is 1. The number of H-pyrrole nitrogens is 1. The Bertz CT molecular complexity index is 1980. The third-order valence-corrected chi connectivity index (χ3v) is 10.2. The van der Waals surface area contributed by atoms with Crippen LogP contribution in [-0.4, -0.2) is 106 Å². The van der Waals surface area contributed by atoms with Gasteiger partial charge in [0.1, 0.15) is 17.9 Å². The van der Waals surface area contributed by atoms with E-state index in [2.05, 4.69) is 60.2 Å². The van der Waals surface area contributed by atoms with E-state index >= 15 is 0 Å². The van der Waals surface area contributed by atoms with Crippen molar-refractivity contribution in [3.05, 3.63) is 60.8 Å². The molecule has 1 aliphatic heterocycles. The molecule has 1 aliphatic rings. The summed E-state index contributed by atoms with van der Waals surface area (Å²) in [6.45, 7) is 10.6. The monoisotopic (exact) mass is 857 g/mol. The second kappa shape index (κ2) is 22.5. The lowest BCUT2D eigenvalue weighted by molar-refractivity contribution is -0.136. The molecule has 0 spiro atoms. The molecule has 5 rings (SSSR count). The standard InChI is InChI=1S/C40H53N9O6.3H2S/c1-9-30(48(6)36(50)33(23(2)3)46-39(52)54-7)21-44-38-42-19-29(20-43-38)27-13-12-26-18-28(15-14-25(26)17-27)31-22-41-35(45-31)32-11-10-16-49(32)37(51)34(24(4)5)47-40(53)55-8;;;/h12-15,17-20,22-24,30,32-34H,9-11,16,21H2,1-8H3,(H,41,45)(H,46,52)(H,47,53)(H,42,43,44);3*1H2/t30?,32-,33-,34-;;;/m0.../s1. The lowest BCUT2D eigenvalue weighted by atomic mass is 10.0. The van der Waals surface area contributed by atoms with E-state index in [4.69, 9.17) is 9.47 Å². The van der Waals surface area contributed by atoms with Crippen LogP contribution in [0.3, 0.4) is 0 Å². The van der Waals surface area contributed by atoms with Crippen molar-refractivity contribution in [3.8, 4) is 22.4 Å². The van der Waals surface area contributed by atoms with Gasteiger partial charge in [-0.05, 0) is 59.6 Å². The van der Waals surface area contributed by atoms with Crippen LogP contribution in [0.1, 0.15) is 65.7 Å². The highest BCUT2D eigenvalue weighted by atomic mass is 32.1. The van der Waals surface area contributed by atoms with Gasteiger partial charge in [0.05, 0.1) is 32.2 Å². The molecule has 3 heterocycles. The first-order chi connectivity index (χ1) is 26.3. The van der Waals surface area contributed by atoms with Gasteiger partial charge in [0.25, 0.3) is 0 Å². The van der Waals surface area contributed by atoms with Crippen molar-refractivity contribution in [3.63, 3.8) is 0 Å². The van der Waals surface area contributed by atoms with E-state index in [0.717, 1.165) is 46.0 Å². The Balaban J connectivity index is 0.00000387. The number of hydrogen-bond acceptors (Lipinski definition) is 10. The predicted octanol–water partition coefficient (Wildman–Crippen LogP) is 6.10. The zero-order valence-electron chi connectivity index (χ0n) is 34.4. The third-order valence-electron chi connectivity index (χ3n) is 10.2. The number of benzene rings is 2. The molecule has 4 N–H and O–H groups in total. The number of methoxy groups -OCH3 is 2. The van der Waals surface area contributed by atoms with Crippen LogP contribution in [0.25, 0.3) is 33.2 Å². The lowest BCUT2D eigenvalue weighted by Gasteiger charge is -2.32. The van der Waals surface area contributed by atoms with Crippen LogP contribution in [0, 0.1) is 11.8 Å². The van der Waals surface area contributed by atoms with E-state index in [1.165, 1.54) is 14.2 Å². The van der Waals surface area contributed by atoms with Crippen LogP contribution in [0.15, 0.2) is 55.0 Å². The number of likely N-dealkylation sites (N-methyl/N-ethyl adjacent to an activating group) is 1. The second-order valence-electron chi connectivity index (χ2n) is 14.6. The fourth-order valence-corrected chi connectivity index (χ4v) is 6.87. The molecule has 318 valence electrons. The zero-order valence-corrected chi connectivity index (χ0v) is 37.4. The Hall–Kier alpha value is -4.68. The minimum absolute atomic E-state index is 0. The number of aromatic nitrogens is 4. The minimum atomic E-state index is -0.705. The third kappa shape index (κ3) is 11.7. The molecule has 1 fully saturated rings. The van der Waals surface area contributed by atoms with Crippen molar-refractivity contribution >= 4 is 81.2 Å². The predicted molar refractivity (Wildman–Crippen MR) is 241 cm³/mol. The van der Waals surface area contributed by atoms with E-state index in [1.807, 2.05) is 46.8 Å². The number of carbonyl (C=O) groups is 4. The van der Waals surface area contributed by atoms with Crippen molar-refractivity contribution in [2.24, 2.45) is 11.8 Å². The molecule has 2 aromatic heterocycles. The number of rotatable bonds is 14. The molecule has 4 atom stereocenters. The van der Waals surface area contributed by atoms with Gasteiger partial charge in [-0.15, -0.1) is 0 Å². The Morgan fingerprint density at radius 2 is 1.40 bits per heavy atom. The molecule has 2 aromatic carbocycles. The number of hydrogen-bond donors (Lipinski definition) is 4. The number of fused-ring (bicyclic) bond motifs is 1. The fraction of sp³-hybridized carbons (Fsp3) is 0.475. The average molecular weight is 858 g/mol. The van der Waals surface area contributed by atoms with Gasteiger partial charge in [0, 0.05) is 49.7 Å². The van der Waals surface area contributed by atoms with E-state index < -0.39 is 24.3 Å². The molecule has 0 radical (unpaired) electrons. The van der Waals surface area contributed by atoms with Gasteiger partial charge in [-0.25, -0.2) is 24.5 Å². The smallest absolute Gasteiger partial charge is 0.407 e. The number of likely N-dealkylation sites (tertiary alicyclic amines) is 1. The molecular weight excluding hydrogens is 799 g/mol. The van der Waals surface area contributed by atoms with Crippen LogP contribution >= 0.6 is 40.5 Å². The Morgan fingerprint density at radius 1 is 0.828 bits per heavy atom. The second-order valence-corrected chi connectivity index (χ2v) is 14.6. The van der Waals surface area contributed by atoms with Crippen LogP contribution in [0.2, 0.25) is 0 Å². The number of nitrogens with zero attached hydrogens (tertiary/aromatic N) is 5. The van der Waals surface area contributed by atoms with Crippen molar-refractivity contribution in [2.45, 2.75) is 78.0 Å². The number of anilines is 1. The molecule has 1 unspecified atom stereocenters. The molecule has 4 amide bonds. The molecule has 0 aliphatic carbocycles. The highest BCUT2D eigenvalue weighted by molar-refractivity contribution is 7.59. The first-order valence-corrected chi connectivity index (χ1v) is 18.8. The highest BCUT2D eigenvalue weighted by Crippen LogP contribution is 2.34. The van der Waals surface area contributed by atoms with E-state index in [-0.39, 0.29) is 76.2 Å². The van der Waals surface area contributed by atoms with Crippen molar-refractivity contribution in [1.82, 2.24) is 40.4 Å². The summed E-state index contributed by atoms with van der Waals surface area (Å²) >= 11 is 0. The summed E-state index contributed by atoms with van der Waals surface area (Å²) in [5, 5.41) is 10.7. The number of nitrogens with one attached hydrogen (secondary N) is 4. The van der Waals surface area contributed by atoms with Crippen molar-refractivity contribution in [2.75, 3.05) is 39.7 Å². The maximum atomic E-state index is 13.5. The largest absolute Gasteiger partial charge is 0.453 e. The van der Waals surface area contributed by atoms with Gasteiger partial charge in [-0.1, -0.05) is 58.9 Å². The quantitative estimate of drug-likeness (QED) is 0.116. The SMILES string of the molecule is CCC(CNc1ncc(-c2ccc3cc(-c4cnc([C@@H]5CCCN5C(=O)[C@@H](NC(=O)OC)C(C)C)[nH]4)ccc3c2)cn1)N(C)C(=O)[C@@H](NC(=O)OC)C(C)C.S.S.S. The number of carbonyl (C=O) groups excluding carboxylic acids is 4. The molecule has 4 aromatic rings. The van der Waals surface area contributed by atoms with Crippen molar-refractivity contribution < 1.29 is 28.7 Å². The molecule has 18 heteroatoms. The molecule has 1 saturated heterocycles. The van der Waals surface area contributed by atoms with Gasteiger partial charge in [0.2, 0.25) is 17.8 Å². The Kier molecular flexibility index (Phi) is 19.2. The minimum Gasteiger partial charge on any atom is -0.453 e. The summed E-state index contributed by atoms with van der Waals surface area (Å²) in [7, 11) is 4.29. The van der Waals surface area contributed by atoms with Crippen LogP contribution < -0.4 is 16.0 Å². The van der Waals surface area contributed by atoms with Crippen molar-refractivity contribution in [1.29, 1.82) is 0 Å². The Morgan fingerprint density at radius 3 is 1.97 bits per heavy atom. The summed E-state index contributed by atoms with van der Waals surface area (Å²) in [5.41, 5.74) is 3.65. The number of alkyl carbamates (subject to hydrolysis) is 2. The number of amides is 4. The van der Waals surface area contributed by atoms with Crippen LogP contribution in [-0.2, 0) is 19.1 Å². The summed E-state index contributed by atoms with van der Waals surface area (Å²) in [5.74, 6) is 0.596. The maximum absolute atomic E-state index is 13.5. The first kappa shape index (κ1) is 49.5. The van der Waals surface area contributed by atoms with Gasteiger partial charge in [-0.3, -0.25) is 9.59 Å².